The minimum absolute atomic E-state index is 0.772. The van der Waals surface area contributed by atoms with Gasteiger partial charge in [-0.05, 0) is 18.2 Å². The third-order valence-corrected chi connectivity index (χ3v) is 3.16. The Morgan fingerprint density at radius 2 is 2.21 bits per heavy atom. The van der Waals surface area contributed by atoms with Crippen molar-refractivity contribution in [2.75, 3.05) is 18.5 Å². The van der Waals surface area contributed by atoms with Crippen molar-refractivity contribution in [3.05, 3.63) is 42.2 Å². The highest BCUT2D eigenvalue weighted by atomic mass is 15.2. The molecule has 102 valence electrons. The molecule has 0 saturated heterocycles. The van der Waals surface area contributed by atoms with E-state index in [0.717, 1.165) is 31.1 Å². The standard InChI is InChI=1S/C14H21N5/c1-4-15-9-12-5-6-16-10-13(12)19(3)11-14-17-7-8-18(14)2/h5-8,10,15H,4,9,11H2,1-3H3. The third kappa shape index (κ3) is 3.32. The molecule has 2 rings (SSSR count). The Balaban J connectivity index is 2.14. The molecular weight excluding hydrogens is 238 g/mol. The van der Waals surface area contributed by atoms with E-state index in [9.17, 15) is 0 Å². The predicted octanol–water partition coefficient (Wildman–Crippen LogP) is 1.56. The summed E-state index contributed by atoms with van der Waals surface area (Å²) in [6.07, 6.45) is 7.54. The summed E-state index contributed by atoms with van der Waals surface area (Å²) in [5.74, 6) is 1.04. The molecule has 0 aliphatic carbocycles. The molecule has 5 heteroatoms. The Morgan fingerprint density at radius 3 is 2.89 bits per heavy atom. The summed E-state index contributed by atoms with van der Waals surface area (Å²) in [5.41, 5.74) is 2.40. The van der Waals surface area contributed by atoms with Crippen molar-refractivity contribution in [3.8, 4) is 0 Å². The van der Waals surface area contributed by atoms with E-state index in [0.29, 0.717) is 0 Å². The maximum absolute atomic E-state index is 4.36. The molecule has 0 aliphatic heterocycles. The van der Waals surface area contributed by atoms with Gasteiger partial charge in [0.1, 0.15) is 5.82 Å². The van der Waals surface area contributed by atoms with Crippen molar-refractivity contribution in [1.82, 2.24) is 19.9 Å². The van der Waals surface area contributed by atoms with Gasteiger partial charge in [-0.1, -0.05) is 6.92 Å². The Morgan fingerprint density at radius 1 is 1.37 bits per heavy atom. The smallest absolute Gasteiger partial charge is 0.127 e. The van der Waals surface area contributed by atoms with Crippen LogP contribution in [-0.2, 0) is 20.1 Å². The summed E-state index contributed by atoms with van der Waals surface area (Å²) in [5, 5.41) is 3.35. The van der Waals surface area contributed by atoms with Gasteiger partial charge in [-0.2, -0.15) is 0 Å². The number of nitrogens with one attached hydrogen (secondary N) is 1. The average Bonchev–Trinajstić information content (AvgIpc) is 2.82. The lowest BCUT2D eigenvalue weighted by Crippen LogP contribution is -2.22. The van der Waals surface area contributed by atoms with Crippen LogP contribution >= 0.6 is 0 Å². The number of hydrogen-bond donors (Lipinski definition) is 1. The molecule has 0 radical (unpaired) electrons. The predicted molar refractivity (Wildman–Crippen MR) is 76.9 cm³/mol. The van der Waals surface area contributed by atoms with E-state index < -0.39 is 0 Å². The molecule has 5 nitrogen and oxygen atoms in total. The topological polar surface area (TPSA) is 46.0 Å². The maximum Gasteiger partial charge on any atom is 0.127 e. The zero-order valence-electron chi connectivity index (χ0n) is 11.8. The molecule has 0 fully saturated rings. The molecule has 0 aliphatic rings. The van der Waals surface area contributed by atoms with Crippen LogP contribution in [0, 0.1) is 0 Å². The van der Waals surface area contributed by atoms with Crippen LogP contribution in [0.2, 0.25) is 0 Å². The van der Waals surface area contributed by atoms with Gasteiger partial charge in [-0.25, -0.2) is 4.98 Å². The minimum Gasteiger partial charge on any atom is -0.366 e. The van der Waals surface area contributed by atoms with E-state index in [4.69, 9.17) is 0 Å². The largest absolute Gasteiger partial charge is 0.366 e. The fraction of sp³-hybridized carbons (Fsp3) is 0.429. The molecule has 0 amide bonds. The summed E-state index contributed by atoms with van der Waals surface area (Å²) in [4.78, 5) is 10.8. The van der Waals surface area contributed by atoms with Crippen molar-refractivity contribution in [3.63, 3.8) is 0 Å². The van der Waals surface area contributed by atoms with E-state index in [2.05, 4.69) is 40.2 Å². The van der Waals surface area contributed by atoms with E-state index in [1.807, 2.05) is 36.4 Å². The van der Waals surface area contributed by atoms with Crippen LogP contribution in [0.4, 0.5) is 5.69 Å². The van der Waals surface area contributed by atoms with Crippen molar-refractivity contribution >= 4 is 5.69 Å². The van der Waals surface area contributed by atoms with Crippen LogP contribution in [0.1, 0.15) is 18.3 Å². The zero-order chi connectivity index (χ0) is 13.7. The fourth-order valence-electron chi connectivity index (χ4n) is 2.01. The second-order valence-electron chi connectivity index (χ2n) is 4.60. The van der Waals surface area contributed by atoms with Crippen LogP contribution in [0.25, 0.3) is 0 Å². The Kier molecular flexibility index (Phi) is 4.52. The summed E-state index contributed by atoms with van der Waals surface area (Å²) in [6, 6.07) is 2.06. The van der Waals surface area contributed by atoms with Gasteiger partial charge >= 0.3 is 0 Å². The number of imidazole rings is 1. The van der Waals surface area contributed by atoms with Crippen LogP contribution in [0.15, 0.2) is 30.9 Å². The van der Waals surface area contributed by atoms with Crippen molar-refractivity contribution < 1.29 is 0 Å². The molecule has 2 aromatic rings. The second kappa shape index (κ2) is 6.33. The summed E-state index contributed by atoms with van der Waals surface area (Å²) in [6.45, 7) is 4.71. The Hall–Kier alpha value is -1.88. The van der Waals surface area contributed by atoms with Gasteiger partial charge < -0.3 is 14.8 Å². The van der Waals surface area contributed by atoms with Gasteiger partial charge in [-0.3, -0.25) is 4.98 Å². The van der Waals surface area contributed by atoms with E-state index in [1.165, 1.54) is 5.56 Å². The van der Waals surface area contributed by atoms with Crippen molar-refractivity contribution in [1.29, 1.82) is 0 Å². The van der Waals surface area contributed by atoms with Crippen molar-refractivity contribution in [2.45, 2.75) is 20.0 Å². The first-order chi connectivity index (χ1) is 9.22. The first-order valence-corrected chi connectivity index (χ1v) is 6.53. The van der Waals surface area contributed by atoms with E-state index in [1.54, 1.807) is 0 Å². The zero-order valence-corrected chi connectivity index (χ0v) is 11.8. The number of rotatable bonds is 6. The lowest BCUT2D eigenvalue weighted by atomic mass is 10.2. The van der Waals surface area contributed by atoms with Gasteiger partial charge in [-0.15, -0.1) is 0 Å². The number of pyridine rings is 1. The highest BCUT2D eigenvalue weighted by Crippen LogP contribution is 2.19. The van der Waals surface area contributed by atoms with Crippen LogP contribution in [0.5, 0.6) is 0 Å². The number of nitrogens with zero attached hydrogens (tertiary/aromatic N) is 4. The Bertz CT molecular complexity index is 520. The number of anilines is 1. The monoisotopic (exact) mass is 259 g/mol. The lowest BCUT2D eigenvalue weighted by molar-refractivity contribution is 0.715. The highest BCUT2D eigenvalue weighted by molar-refractivity contribution is 5.51. The van der Waals surface area contributed by atoms with Crippen molar-refractivity contribution in [2.24, 2.45) is 7.05 Å². The van der Waals surface area contributed by atoms with Gasteiger partial charge in [0.15, 0.2) is 0 Å². The van der Waals surface area contributed by atoms with Crippen LogP contribution in [-0.4, -0.2) is 28.1 Å². The molecule has 0 atom stereocenters. The van der Waals surface area contributed by atoms with Gasteiger partial charge in [0.25, 0.3) is 0 Å². The molecule has 0 unspecified atom stereocenters. The number of aromatic nitrogens is 3. The van der Waals surface area contributed by atoms with Crippen LogP contribution < -0.4 is 10.2 Å². The van der Waals surface area contributed by atoms with Gasteiger partial charge in [0.05, 0.1) is 18.4 Å². The molecule has 0 saturated carbocycles. The molecule has 19 heavy (non-hydrogen) atoms. The highest BCUT2D eigenvalue weighted by Gasteiger charge is 2.09. The normalized spacial score (nSPS) is 10.7. The molecular formula is C14H21N5. The first kappa shape index (κ1) is 13.5. The first-order valence-electron chi connectivity index (χ1n) is 6.53. The molecule has 0 aromatic carbocycles. The lowest BCUT2D eigenvalue weighted by Gasteiger charge is -2.21. The SMILES string of the molecule is CCNCc1ccncc1N(C)Cc1nccn1C. The average molecular weight is 259 g/mol. The molecule has 2 heterocycles. The third-order valence-electron chi connectivity index (χ3n) is 3.16. The number of aryl methyl sites for hydroxylation is 1. The Labute approximate surface area is 114 Å². The molecule has 1 N–H and O–H groups in total. The quantitative estimate of drug-likeness (QED) is 0.855. The van der Waals surface area contributed by atoms with Crippen LogP contribution in [0.3, 0.4) is 0 Å². The number of hydrogen-bond acceptors (Lipinski definition) is 4. The maximum atomic E-state index is 4.36. The summed E-state index contributed by atoms with van der Waals surface area (Å²) < 4.78 is 2.04. The summed E-state index contributed by atoms with van der Waals surface area (Å²) in [7, 11) is 4.08. The van der Waals surface area contributed by atoms with E-state index >= 15 is 0 Å². The van der Waals surface area contributed by atoms with Gasteiger partial charge in [0, 0.05) is 39.2 Å². The minimum atomic E-state index is 0.772. The second-order valence-corrected chi connectivity index (χ2v) is 4.60. The van der Waals surface area contributed by atoms with Gasteiger partial charge in [0.2, 0.25) is 0 Å². The molecule has 0 spiro atoms. The van der Waals surface area contributed by atoms with E-state index in [-0.39, 0.29) is 0 Å². The fourth-order valence-corrected chi connectivity index (χ4v) is 2.01. The molecule has 0 bridgehead atoms. The summed E-state index contributed by atoms with van der Waals surface area (Å²) >= 11 is 0. The molecule has 2 aromatic heterocycles.